The maximum atomic E-state index is 6.07. The topological polar surface area (TPSA) is 29.3 Å². The van der Waals surface area contributed by atoms with Crippen LogP contribution in [-0.2, 0) is 0 Å². The van der Waals surface area contributed by atoms with E-state index in [1.54, 1.807) is 0 Å². The first-order valence-electron chi connectivity index (χ1n) is 7.13. The van der Waals surface area contributed by atoms with Crippen LogP contribution >= 0.6 is 12.4 Å². The van der Waals surface area contributed by atoms with Crippen LogP contribution in [0.1, 0.15) is 46.0 Å². The lowest BCUT2D eigenvalue weighted by atomic mass is 9.82. The molecule has 3 heteroatoms. The molecule has 17 heavy (non-hydrogen) atoms. The van der Waals surface area contributed by atoms with E-state index >= 15 is 0 Å². The molecule has 2 unspecified atom stereocenters. The van der Waals surface area contributed by atoms with Gasteiger partial charge in [0.05, 0.1) is 0 Å². The van der Waals surface area contributed by atoms with Gasteiger partial charge in [0.25, 0.3) is 0 Å². The zero-order valence-electron chi connectivity index (χ0n) is 11.4. The zero-order chi connectivity index (χ0) is 11.5. The van der Waals surface area contributed by atoms with E-state index in [1.165, 1.54) is 51.7 Å². The summed E-state index contributed by atoms with van der Waals surface area (Å²) >= 11 is 0. The number of nitrogens with zero attached hydrogens (tertiary/aromatic N) is 1. The number of nitrogens with two attached hydrogens (primary N) is 1. The maximum absolute atomic E-state index is 6.07. The molecular weight excluding hydrogens is 232 g/mol. The molecule has 0 aromatic heterocycles. The first kappa shape index (κ1) is 15.3. The largest absolute Gasteiger partial charge is 0.327 e. The first-order chi connectivity index (χ1) is 7.65. The fraction of sp³-hybridized carbons (Fsp3) is 1.00. The van der Waals surface area contributed by atoms with Crippen LogP contribution in [0, 0.1) is 17.8 Å². The molecule has 2 atom stereocenters. The molecule has 0 spiro atoms. The molecule has 1 saturated carbocycles. The Balaban J connectivity index is 0.00000144. The molecule has 2 nitrogen and oxygen atoms in total. The Kier molecular flexibility index (Phi) is 6.25. The molecule has 1 aliphatic heterocycles. The summed E-state index contributed by atoms with van der Waals surface area (Å²) in [5, 5.41) is 0. The number of hydrogen-bond donors (Lipinski definition) is 1. The van der Waals surface area contributed by atoms with Gasteiger partial charge in [0, 0.05) is 19.1 Å². The molecule has 2 aliphatic rings. The highest BCUT2D eigenvalue weighted by Gasteiger charge is 2.26. The molecule has 2 rings (SSSR count). The van der Waals surface area contributed by atoms with E-state index in [4.69, 9.17) is 5.73 Å². The zero-order valence-corrected chi connectivity index (χ0v) is 12.2. The minimum absolute atomic E-state index is 0. The molecule has 2 fully saturated rings. The number of halogens is 1. The Labute approximate surface area is 113 Å². The van der Waals surface area contributed by atoms with Crippen LogP contribution in [0.25, 0.3) is 0 Å². The average molecular weight is 261 g/mol. The van der Waals surface area contributed by atoms with E-state index in [1.807, 2.05) is 0 Å². The fourth-order valence-electron chi connectivity index (χ4n) is 3.29. The first-order valence-corrected chi connectivity index (χ1v) is 7.13. The third-order valence-electron chi connectivity index (χ3n) is 4.71. The second-order valence-electron chi connectivity index (χ2n) is 6.32. The van der Waals surface area contributed by atoms with Crippen molar-refractivity contribution in [3.8, 4) is 0 Å². The normalized spacial score (nSPS) is 39.7. The van der Waals surface area contributed by atoms with Crippen molar-refractivity contribution in [3.05, 3.63) is 0 Å². The van der Waals surface area contributed by atoms with Crippen LogP contribution in [-0.4, -0.2) is 30.6 Å². The van der Waals surface area contributed by atoms with Crippen LogP contribution in [0.3, 0.4) is 0 Å². The molecule has 0 amide bonds. The summed E-state index contributed by atoms with van der Waals surface area (Å²) in [4.78, 5) is 2.66. The molecule has 1 heterocycles. The third-order valence-corrected chi connectivity index (χ3v) is 4.71. The summed E-state index contributed by atoms with van der Waals surface area (Å²) in [5.74, 6) is 2.64. The highest BCUT2D eigenvalue weighted by Crippen LogP contribution is 2.29. The number of piperidine rings is 1. The third kappa shape index (κ3) is 4.42. The molecule has 1 aliphatic carbocycles. The lowest BCUT2D eigenvalue weighted by molar-refractivity contribution is 0.124. The van der Waals surface area contributed by atoms with Crippen molar-refractivity contribution in [2.75, 3.05) is 19.6 Å². The van der Waals surface area contributed by atoms with Gasteiger partial charge in [-0.2, -0.15) is 0 Å². The SMILES string of the molecule is CC1CCC(CN2CCC(N)C(C)C2)CC1.Cl. The maximum Gasteiger partial charge on any atom is 0.00889 e. The van der Waals surface area contributed by atoms with Gasteiger partial charge >= 0.3 is 0 Å². The van der Waals surface area contributed by atoms with Crippen molar-refractivity contribution in [2.24, 2.45) is 23.5 Å². The summed E-state index contributed by atoms with van der Waals surface area (Å²) in [7, 11) is 0. The smallest absolute Gasteiger partial charge is 0.00889 e. The standard InChI is InChI=1S/C14H28N2.ClH/c1-11-3-5-13(6-4-11)10-16-8-7-14(15)12(2)9-16;/h11-14H,3-10,15H2,1-2H3;1H. The minimum atomic E-state index is 0. The van der Waals surface area contributed by atoms with Gasteiger partial charge in [0.15, 0.2) is 0 Å². The van der Waals surface area contributed by atoms with Crippen LogP contribution < -0.4 is 5.73 Å². The van der Waals surface area contributed by atoms with Gasteiger partial charge in [-0.25, -0.2) is 0 Å². The Bertz CT molecular complexity index is 214. The van der Waals surface area contributed by atoms with Crippen molar-refractivity contribution < 1.29 is 0 Å². The molecule has 0 bridgehead atoms. The monoisotopic (exact) mass is 260 g/mol. The van der Waals surface area contributed by atoms with E-state index in [9.17, 15) is 0 Å². The molecule has 0 radical (unpaired) electrons. The summed E-state index contributed by atoms with van der Waals surface area (Å²) in [6.45, 7) is 8.51. The Morgan fingerprint density at radius 3 is 2.29 bits per heavy atom. The highest BCUT2D eigenvalue weighted by atomic mass is 35.5. The van der Waals surface area contributed by atoms with Gasteiger partial charge in [-0.3, -0.25) is 0 Å². The van der Waals surface area contributed by atoms with Crippen molar-refractivity contribution in [1.29, 1.82) is 0 Å². The van der Waals surface area contributed by atoms with Crippen LogP contribution in [0.2, 0.25) is 0 Å². The van der Waals surface area contributed by atoms with Crippen molar-refractivity contribution in [1.82, 2.24) is 4.90 Å². The predicted octanol–water partition coefficient (Wildman–Crippen LogP) is 2.90. The van der Waals surface area contributed by atoms with Gasteiger partial charge in [-0.1, -0.05) is 26.7 Å². The second-order valence-corrected chi connectivity index (χ2v) is 6.32. The lowest BCUT2D eigenvalue weighted by Crippen LogP contribution is -2.47. The number of hydrogen-bond acceptors (Lipinski definition) is 2. The molecule has 1 saturated heterocycles. The Morgan fingerprint density at radius 1 is 1.06 bits per heavy atom. The van der Waals surface area contributed by atoms with Gasteiger partial charge in [0.2, 0.25) is 0 Å². The molecule has 0 aromatic rings. The molecule has 2 N–H and O–H groups in total. The quantitative estimate of drug-likeness (QED) is 0.827. The lowest BCUT2D eigenvalue weighted by Gasteiger charge is -2.38. The average Bonchev–Trinajstić information content (AvgIpc) is 2.27. The van der Waals surface area contributed by atoms with Gasteiger partial charge in [0.1, 0.15) is 0 Å². The Morgan fingerprint density at radius 2 is 1.71 bits per heavy atom. The van der Waals surface area contributed by atoms with E-state index in [0.717, 1.165) is 11.8 Å². The summed E-state index contributed by atoms with van der Waals surface area (Å²) < 4.78 is 0. The van der Waals surface area contributed by atoms with E-state index in [0.29, 0.717) is 12.0 Å². The number of likely N-dealkylation sites (tertiary alicyclic amines) is 1. The van der Waals surface area contributed by atoms with E-state index < -0.39 is 0 Å². The summed E-state index contributed by atoms with van der Waals surface area (Å²) in [6, 6.07) is 0.447. The summed E-state index contributed by atoms with van der Waals surface area (Å²) in [5.41, 5.74) is 6.07. The molecular formula is C14H29ClN2. The predicted molar refractivity (Wildman–Crippen MR) is 76.6 cm³/mol. The van der Waals surface area contributed by atoms with Crippen LogP contribution in [0.5, 0.6) is 0 Å². The van der Waals surface area contributed by atoms with Gasteiger partial charge in [-0.15, -0.1) is 12.4 Å². The minimum Gasteiger partial charge on any atom is -0.327 e. The highest BCUT2D eigenvalue weighted by molar-refractivity contribution is 5.85. The Hall–Kier alpha value is 0.210. The van der Waals surface area contributed by atoms with Crippen molar-refractivity contribution in [3.63, 3.8) is 0 Å². The molecule has 0 aromatic carbocycles. The van der Waals surface area contributed by atoms with E-state index in [-0.39, 0.29) is 12.4 Å². The second kappa shape index (κ2) is 6.96. The van der Waals surface area contributed by atoms with Crippen LogP contribution in [0.4, 0.5) is 0 Å². The van der Waals surface area contributed by atoms with Gasteiger partial charge in [-0.05, 0) is 43.6 Å². The summed E-state index contributed by atoms with van der Waals surface area (Å²) in [6.07, 6.45) is 7.02. The van der Waals surface area contributed by atoms with Crippen LogP contribution in [0.15, 0.2) is 0 Å². The van der Waals surface area contributed by atoms with E-state index in [2.05, 4.69) is 18.7 Å². The van der Waals surface area contributed by atoms with Gasteiger partial charge < -0.3 is 10.6 Å². The molecule has 102 valence electrons. The number of rotatable bonds is 2. The fourth-order valence-corrected chi connectivity index (χ4v) is 3.29. The van der Waals surface area contributed by atoms with Crippen molar-refractivity contribution in [2.45, 2.75) is 52.0 Å². The van der Waals surface area contributed by atoms with Crippen molar-refractivity contribution >= 4 is 12.4 Å².